The van der Waals surface area contributed by atoms with Crippen LogP contribution in [0.4, 0.5) is 0 Å². The summed E-state index contributed by atoms with van der Waals surface area (Å²) < 4.78 is 10.6. The van der Waals surface area contributed by atoms with Crippen LogP contribution in [0.25, 0.3) is 66.7 Å². The number of fused-ring (bicyclic) bond motifs is 3. The molecular formula is C61H62IrN2OSi-2. The summed E-state index contributed by atoms with van der Waals surface area (Å²) in [6.45, 7) is 27.3. The molecule has 1 unspecified atom stereocenters. The second kappa shape index (κ2) is 19.3. The van der Waals surface area contributed by atoms with Crippen LogP contribution in [-0.2, 0) is 26.5 Å². The van der Waals surface area contributed by atoms with E-state index >= 15 is 0 Å². The van der Waals surface area contributed by atoms with E-state index < -0.39 is 8.07 Å². The monoisotopic (exact) mass is 1060 g/mol. The average molecular weight is 1060 g/mol. The number of nitrogens with zero attached hydrogens (tertiary/aromatic N) is 2. The van der Waals surface area contributed by atoms with Crippen molar-refractivity contribution in [3.8, 4) is 44.8 Å². The van der Waals surface area contributed by atoms with Gasteiger partial charge in [0, 0.05) is 50.9 Å². The van der Waals surface area contributed by atoms with E-state index in [1.807, 2.05) is 27.5 Å². The molecule has 0 bridgehead atoms. The minimum absolute atomic E-state index is 0. The first-order chi connectivity index (χ1) is 31.0. The Hall–Kier alpha value is -6.23. The fraction of sp³-hybridized carbons (Fsp3) is 0.180. The number of furan rings is 1. The van der Waals surface area contributed by atoms with E-state index in [9.17, 15) is 0 Å². The van der Waals surface area contributed by atoms with Gasteiger partial charge in [0.25, 0.3) is 0 Å². The fourth-order valence-corrected chi connectivity index (χ4v) is 10.8. The molecule has 6 aromatic carbocycles. The Bertz CT molecular complexity index is 3140. The van der Waals surface area contributed by atoms with E-state index in [0.717, 1.165) is 67.6 Å². The van der Waals surface area contributed by atoms with Gasteiger partial charge in [0.05, 0.1) is 37.4 Å². The van der Waals surface area contributed by atoms with Crippen molar-refractivity contribution in [3.63, 3.8) is 0 Å². The van der Waals surface area contributed by atoms with Crippen molar-refractivity contribution in [2.45, 2.75) is 66.6 Å². The molecule has 66 heavy (non-hydrogen) atoms. The Balaban J connectivity index is 0.000000198. The van der Waals surface area contributed by atoms with Gasteiger partial charge in [0.2, 0.25) is 0 Å². The summed E-state index contributed by atoms with van der Waals surface area (Å²) in [5.41, 5.74) is 18.1. The third kappa shape index (κ3) is 9.95. The standard InChI is InChI=1S/C34H28NO.C27H34NSi.Ir/c1-22-15-18-29-32-28(26-13-9-6-10-14-26)17-16-23(2)33(32)36-34(29)31(22)30-21-27(19-20-35(30)4)24(3)25-11-7-5-8-12-25;1-20-16-22(21-12-10-9-11-13-21)14-15-24(20)25-17-23(18-27(2,3)4)26(19-28(25)5)29(6,7)8;/h5-21,24H,1,4H2,2-3H3;9-17,19H,1,5,18H2,2-4,6-8H3;/q2*-1;. The molecule has 0 fully saturated rings. The van der Waals surface area contributed by atoms with E-state index in [2.05, 4.69) is 228 Å². The van der Waals surface area contributed by atoms with Crippen molar-refractivity contribution < 1.29 is 33.7 Å². The van der Waals surface area contributed by atoms with Crippen molar-refractivity contribution in [3.05, 3.63) is 225 Å². The molecule has 1 atom stereocenters. The maximum Gasteiger partial charge on any atom is 0.137 e. The number of benzene rings is 6. The van der Waals surface area contributed by atoms with Crippen LogP contribution < -0.4 is 14.3 Å². The molecule has 1 radical (unpaired) electrons. The van der Waals surface area contributed by atoms with Crippen molar-refractivity contribution in [2.75, 3.05) is 0 Å². The van der Waals surface area contributed by atoms with Gasteiger partial charge in [-0.3, -0.25) is 0 Å². The molecule has 9 aromatic rings. The van der Waals surface area contributed by atoms with Gasteiger partial charge in [-0.25, -0.2) is 0 Å². The quantitative estimate of drug-likeness (QED) is 0.0844. The minimum Gasteiger partial charge on any atom is -0.469 e. The van der Waals surface area contributed by atoms with Crippen molar-refractivity contribution in [1.82, 2.24) is 0 Å². The van der Waals surface area contributed by atoms with Crippen molar-refractivity contribution in [2.24, 2.45) is 5.41 Å². The smallest absolute Gasteiger partial charge is 0.137 e. The van der Waals surface area contributed by atoms with E-state index in [0.29, 0.717) is 0 Å². The maximum atomic E-state index is 6.67. The largest absolute Gasteiger partial charge is 0.469 e. The predicted octanol–water partition coefficient (Wildman–Crippen LogP) is 14.8. The first kappa shape index (κ1) is 47.7. The summed E-state index contributed by atoms with van der Waals surface area (Å²) in [6.07, 6.45) is 5.37. The average Bonchev–Trinajstić information content (AvgIpc) is 3.68. The first-order valence-electron chi connectivity index (χ1n) is 22.7. The topological polar surface area (TPSA) is 20.9 Å². The Labute approximate surface area is 408 Å². The molecular weight excluding hydrogens is 997 g/mol. The van der Waals surface area contributed by atoms with Crippen LogP contribution in [0.5, 0.6) is 0 Å². The summed E-state index contributed by atoms with van der Waals surface area (Å²) in [5, 5.41) is 3.73. The zero-order valence-electron chi connectivity index (χ0n) is 39.8. The molecule has 0 aliphatic carbocycles. The summed E-state index contributed by atoms with van der Waals surface area (Å²) in [5.74, 6) is 0.251. The number of rotatable bonds is 8. The predicted molar refractivity (Wildman–Crippen MR) is 278 cm³/mol. The first-order valence-corrected chi connectivity index (χ1v) is 26.2. The van der Waals surface area contributed by atoms with Gasteiger partial charge >= 0.3 is 0 Å². The van der Waals surface area contributed by atoms with Gasteiger partial charge in [-0.15, -0.1) is 17.7 Å². The maximum absolute atomic E-state index is 6.67. The molecule has 3 aromatic heterocycles. The van der Waals surface area contributed by atoms with Crippen LogP contribution in [0, 0.1) is 40.3 Å². The van der Waals surface area contributed by atoms with Crippen LogP contribution in [-0.4, -0.2) is 8.07 Å². The van der Waals surface area contributed by atoms with Gasteiger partial charge in [-0.1, -0.05) is 197 Å². The van der Waals surface area contributed by atoms with Crippen LogP contribution in [0.15, 0.2) is 168 Å². The molecule has 0 aliphatic heterocycles. The number of aryl methyl sites for hydroxylation is 1. The third-order valence-corrected chi connectivity index (χ3v) is 14.6. The van der Waals surface area contributed by atoms with E-state index in [1.54, 1.807) is 0 Å². The molecule has 337 valence electrons. The number of pyridine rings is 2. The molecule has 0 aliphatic rings. The SMILES string of the molecule is [CH2-]c1cc(-c2ccccc2)ccc1-c1cc(CC(C)(C)C)c([Si](C)(C)C)c[n+]1[CH2-].[CH2-]c1ccc2c(oc3c(C)ccc(-c4ccccc4)c32)c1-c1cc(C(C)c2ccccc2)cc[n+]1[CH2-].[Ir]. The molecule has 9 rings (SSSR count). The van der Waals surface area contributed by atoms with Gasteiger partial charge in [-0.2, -0.15) is 37.1 Å². The van der Waals surface area contributed by atoms with Gasteiger partial charge < -0.3 is 13.6 Å². The van der Waals surface area contributed by atoms with Gasteiger partial charge in [0.1, 0.15) is 5.58 Å². The molecule has 3 heterocycles. The normalized spacial score (nSPS) is 12.1. The van der Waals surface area contributed by atoms with E-state index in [1.165, 1.54) is 44.1 Å². The molecule has 0 saturated carbocycles. The van der Waals surface area contributed by atoms with Gasteiger partial charge in [0.15, 0.2) is 0 Å². The zero-order valence-corrected chi connectivity index (χ0v) is 43.2. The molecule has 0 N–H and O–H groups in total. The molecule has 3 nitrogen and oxygen atoms in total. The Morgan fingerprint density at radius 3 is 1.85 bits per heavy atom. The Kier molecular flexibility index (Phi) is 14.0. The zero-order chi connectivity index (χ0) is 46.2. The molecule has 0 saturated heterocycles. The third-order valence-electron chi connectivity index (χ3n) is 12.5. The van der Waals surface area contributed by atoms with Gasteiger partial charge in [-0.05, 0) is 51.8 Å². The molecule has 5 heteroatoms. The Morgan fingerprint density at radius 1 is 0.606 bits per heavy atom. The fourth-order valence-electron chi connectivity index (χ4n) is 9.13. The Morgan fingerprint density at radius 2 is 1.23 bits per heavy atom. The second-order valence-electron chi connectivity index (χ2n) is 19.8. The summed E-state index contributed by atoms with van der Waals surface area (Å²) in [7, 11) is 7.17. The van der Waals surface area contributed by atoms with Crippen LogP contribution in [0.1, 0.15) is 67.0 Å². The minimum atomic E-state index is -1.48. The number of hydrogen-bond donors (Lipinski definition) is 0. The van der Waals surface area contributed by atoms with Crippen LogP contribution in [0.3, 0.4) is 0 Å². The van der Waals surface area contributed by atoms with E-state index in [-0.39, 0.29) is 31.4 Å². The van der Waals surface area contributed by atoms with E-state index in [4.69, 9.17) is 4.42 Å². The summed E-state index contributed by atoms with van der Waals surface area (Å²) >= 11 is 0. The van der Waals surface area contributed by atoms with Crippen molar-refractivity contribution in [1.29, 1.82) is 0 Å². The van der Waals surface area contributed by atoms with Crippen LogP contribution >= 0.6 is 0 Å². The molecule has 0 spiro atoms. The summed E-state index contributed by atoms with van der Waals surface area (Å²) in [6, 6.07) is 53.4. The summed E-state index contributed by atoms with van der Waals surface area (Å²) in [4.78, 5) is 0. The molecule has 0 amide bonds. The number of aromatic nitrogens is 2. The second-order valence-corrected chi connectivity index (χ2v) is 24.9. The van der Waals surface area contributed by atoms with Crippen LogP contribution in [0.2, 0.25) is 19.6 Å². The van der Waals surface area contributed by atoms with Crippen molar-refractivity contribution >= 4 is 35.2 Å². The number of hydrogen-bond acceptors (Lipinski definition) is 1.